The van der Waals surface area contributed by atoms with Gasteiger partial charge in [-0.25, -0.2) is 0 Å². The van der Waals surface area contributed by atoms with Gasteiger partial charge < -0.3 is 10.0 Å². The van der Waals surface area contributed by atoms with Gasteiger partial charge in [-0.1, -0.05) is 0 Å². The van der Waals surface area contributed by atoms with Crippen LogP contribution in [0.5, 0.6) is 0 Å². The number of hydrogen-bond donors (Lipinski definition) is 1. The van der Waals surface area contributed by atoms with Gasteiger partial charge in [-0.15, -0.1) is 11.3 Å². The highest BCUT2D eigenvalue weighted by Gasteiger charge is 2.30. The summed E-state index contributed by atoms with van der Waals surface area (Å²) in [4.78, 5) is 16.1. The van der Waals surface area contributed by atoms with Crippen LogP contribution < -0.4 is 0 Å². The highest BCUT2D eigenvalue weighted by molar-refractivity contribution is 7.14. The lowest BCUT2D eigenvalue weighted by Crippen LogP contribution is -2.29. The summed E-state index contributed by atoms with van der Waals surface area (Å²) in [6, 6.07) is 1.97. The van der Waals surface area contributed by atoms with Crippen molar-refractivity contribution in [1.82, 2.24) is 4.90 Å². The van der Waals surface area contributed by atoms with Crippen LogP contribution in [0.3, 0.4) is 0 Å². The molecule has 94 valence electrons. The molecule has 0 radical (unpaired) electrons. The summed E-state index contributed by atoms with van der Waals surface area (Å²) < 4.78 is 0. The summed E-state index contributed by atoms with van der Waals surface area (Å²) in [7, 11) is 0. The fraction of sp³-hybridized carbons (Fsp3) is 0.615. The molecule has 3 nitrogen and oxygen atoms in total. The molecule has 1 saturated heterocycles. The molecule has 2 atom stereocenters. The van der Waals surface area contributed by atoms with Crippen molar-refractivity contribution in [3.05, 3.63) is 21.4 Å². The van der Waals surface area contributed by atoms with E-state index >= 15 is 0 Å². The Hall–Kier alpha value is -0.870. The highest BCUT2D eigenvalue weighted by Crippen LogP contribution is 2.26. The van der Waals surface area contributed by atoms with E-state index in [9.17, 15) is 9.90 Å². The third kappa shape index (κ3) is 2.53. The molecule has 4 heteroatoms. The predicted octanol–water partition coefficient (Wildman–Crippen LogP) is 2.21. The third-order valence-corrected chi connectivity index (χ3v) is 4.71. The van der Waals surface area contributed by atoms with Gasteiger partial charge >= 0.3 is 0 Å². The maximum atomic E-state index is 12.2. The van der Waals surface area contributed by atoms with Gasteiger partial charge in [-0.2, -0.15) is 0 Å². The second-order valence-electron chi connectivity index (χ2n) is 4.89. The number of aryl methyl sites for hydroxylation is 2. The number of aliphatic hydroxyl groups is 1. The van der Waals surface area contributed by atoms with Crippen LogP contribution in [0.2, 0.25) is 0 Å². The van der Waals surface area contributed by atoms with Gasteiger partial charge in [0.2, 0.25) is 0 Å². The Morgan fingerprint density at radius 2 is 2.29 bits per heavy atom. The van der Waals surface area contributed by atoms with E-state index in [2.05, 4.69) is 0 Å². The Bertz CT molecular complexity index is 406. The lowest BCUT2D eigenvalue weighted by molar-refractivity contribution is 0.0767. The predicted molar refractivity (Wildman–Crippen MR) is 69.5 cm³/mol. The molecule has 1 amide bonds. The molecule has 2 unspecified atom stereocenters. The van der Waals surface area contributed by atoms with Gasteiger partial charge in [0.25, 0.3) is 5.91 Å². The minimum atomic E-state index is -0.320. The van der Waals surface area contributed by atoms with Gasteiger partial charge in [0.05, 0.1) is 11.0 Å². The van der Waals surface area contributed by atoms with Gasteiger partial charge in [0.1, 0.15) is 0 Å². The van der Waals surface area contributed by atoms with E-state index in [4.69, 9.17) is 0 Å². The van der Waals surface area contributed by atoms with Crippen molar-refractivity contribution in [2.45, 2.75) is 33.3 Å². The first-order chi connectivity index (χ1) is 7.99. The van der Waals surface area contributed by atoms with Crippen molar-refractivity contribution < 1.29 is 9.90 Å². The van der Waals surface area contributed by atoms with Crippen molar-refractivity contribution in [2.75, 3.05) is 13.1 Å². The quantitative estimate of drug-likeness (QED) is 0.878. The van der Waals surface area contributed by atoms with Crippen molar-refractivity contribution in [2.24, 2.45) is 5.92 Å². The number of nitrogens with zero attached hydrogens (tertiary/aromatic N) is 1. The van der Waals surface area contributed by atoms with E-state index < -0.39 is 0 Å². The topological polar surface area (TPSA) is 40.5 Å². The first-order valence-electron chi connectivity index (χ1n) is 6.03. The van der Waals surface area contributed by atoms with E-state index in [-0.39, 0.29) is 17.9 Å². The van der Waals surface area contributed by atoms with E-state index in [1.165, 1.54) is 10.4 Å². The zero-order chi connectivity index (χ0) is 12.6. The van der Waals surface area contributed by atoms with Gasteiger partial charge in [-0.05, 0) is 38.8 Å². The molecule has 0 bridgehead atoms. The number of carbonyl (C=O) groups excluding carboxylic acids is 1. The fourth-order valence-electron chi connectivity index (χ4n) is 2.20. The smallest absolute Gasteiger partial charge is 0.263 e. The van der Waals surface area contributed by atoms with Crippen LogP contribution in [0, 0.1) is 19.8 Å². The molecule has 1 aliphatic rings. The minimum absolute atomic E-state index is 0.120. The molecule has 1 aliphatic heterocycles. The molecule has 1 aromatic heterocycles. The lowest BCUT2D eigenvalue weighted by Gasteiger charge is -2.16. The largest absolute Gasteiger partial charge is 0.393 e. The first kappa shape index (κ1) is 12.6. The lowest BCUT2D eigenvalue weighted by atomic mass is 10.0. The maximum Gasteiger partial charge on any atom is 0.263 e. The molecular weight excluding hydrogens is 234 g/mol. The number of carbonyl (C=O) groups is 1. The van der Waals surface area contributed by atoms with Crippen LogP contribution in [0.4, 0.5) is 0 Å². The number of thiophene rings is 1. The second kappa shape index (κ2) is 4.78. The average molecular weight is 253 g/mol. The summed E-state index contributed by atoms with van der Waals surface area (Å²) in [5.74, 6) is 0.357. The van der Waals surface area contributed by atoms with Gasteiger partial charge in [-0.3, -0.25) is 4.79 Å². The van der Waals surface area contributed by atoms with Crippen LogP contribution in [-0.2, 0) is 0 Å². The molecule has 0 spiro atoms. The number of aliphatic hydroxyl groups excluding tert-OH is 1. The zero-order valence-corrected chi connectivity index (χ0v) is 11.4. The Kier molecular flexibility index (Phi) is 3.54. The average Bonchev–Trinajstić information content (AvgIpc) is 2.86. The molecule has 0 aliphatic carbocycles. The SMILES string of the molecule is Cc1cc(C(=O)N2CCC(C(C)O)C2)sc1C. The van der Waals surface area contributed by atoms with E-state index in [0.29, 0.717) is 6.54 Å². The summed E-state index contributed by atoms with van der Waals surface area (Å²) in [6.45, 7) is 7.33. The Morgan fingerprint density at radius 3 is 2.76 bits per heavy atom. The third-order valence-electron chi connectivity index (χ3n) is 3.57. The van der Waals surface area contributed by atoms with Crippen molar-refractivity contribution >= 4 is 17.2 Å². The number of likely N-dealkylation sites (tertiary alicyclic amines) is 1. The molecular formula is C13H19NO2S. The van der Waals surface area contributed by atoms with Crippen LogP contribution in [0.15, 0.2) is 6.07 Å². The van der Waals surface area contributed by atoms with Crippen LogP contribution in [0.25, 0.3) is 0 Å². The van der Waals surface area contributed by atoms with E-state index in [1.807, 2.05) is 24.8 Å². The van der Waals surface area contributed by atoms with Crippen molar-refractivity contribution in [3.63, 3.8) is 0 Å². The van der Waals surface area contributed by atoms with E-state index in [0.717, 1.165) is 17.8 Å². The highest BCUT2D eigenvalue weighted by atomic mass is 32.1. The Labute approximate surface area is 106 Å². The molecule has 1 N–H and O–H groups in total. The molecule has 1 fully saturated rings. The number of hydrogen-bond acceptors (Lipinski definition) is 3. The van der Waals surface area contributed by atoms with Crippen molar-refractivity contribution in [3.8, 4) is 0 Å². The van der Waals surface area contributed by atoms with Crippen LogP contribution >= 0.6 is 11.3 Å². The summed E-state index contributed by atoms with van der Waals surface area (Å²) in [5.41, 5.74) is 1.18. The van der Waals surface area contributed by atoms with Crippen LogP contribution in [-0.4, -0.2) is 35.1 Å². The first-order valence-corrected chi connectivity index (χ1v) is 6.85. The number of amides is 1. The summed E-state index contributed by atoms with van der Waals surface area (Å²) in [6.07, 6.45) is 0.590. The number of rotatable bonds is 2. The molecule has 2 rings (SSSR count). The molecule has 0 saturated carbocycles. The molecule has 17 heavy (non-hydrogen) atoms. The monoisotopic (exact) mass is 253 g/mol. The fourth-order valence-corrected chi connectivity index (χ4v) is 3.20. The second-order valence-corrected chi connectivity index (χ2v) is 6.15. The van der Waals surface area contributed by atoms with Gasteiger partial charge in [0.15, 0.2) is 0 Å². The van der Waals surface area contributed by atoms with Crippen LogP contribution in [0.1, 0.15) is 33.5 Å². The zero-order valence-electron chi connectivity index (χ0n) is 10.6. The minimum Gasteiger partial charge on any atom is -0.393 e. The summed E-state index contributed by atoms with van der Waals surface area (Å²) >= 11 is 1.57. The molecule has 1 aromatic rings. The Morgan fingerprint density at radius 1 is 1.59 bits per heavy atom. The normalized spacial score (nSPS) is 21.9. The van der Waals surface area contributed by atoms with Gasteiger partial charge in [0, 0.05) is 23.9 Å². The molecule has 0 aromatic carbocycles. The summed E-state index contributed by atoms with van der Waals surface area (Å²) in [5, 5.41) is 9.54. The maximum absolute atomic E-state index is 12.2. The van der Waals surface area contributed by atoms with E-state index in [1.54, 1.807) is 18.3 Å². The van der Waals surface area contributed by atoms with Crippen molar-refractivity contribution in [1.29, 1.82) is 0 Å². The Balaban J connectivity index is 2.07. The molecule has 2 heterocycles. The standard InChI is InChI=1S/C13H19NO2S/c1-8-6-12(17-10(8)3)13(16)14-5-4-11(7-14)9(2)15/h6,9,11,15H,4-5,7H2,1-3H3.